The maximum Gasteiger partial charge on any atom is -0.00770 e. The molecule has 0 fully saturated rings. The molecule has 0 saturated heterocycles. The van der Waals surface area contributed by atoms with Crippen LogP contribution in [-0.4, -0.2) is 37.9 Å². The topological polar surface area (TPSA) is 26.0 Å². The Morgan fingerprint density at radius 2 is 2.00 bits per heavy atom. The summed E-state index contributed by atoms with van der Waals surface area (Å²) >= 11 is 0. The smallest absolute Gasteiger partial charge is 0.00770 e. The molecule has 3 unspecified atom stereocenters. The molecule has 0 aromatic carbocycles. The van der Waals surface area contributed by atoms with Crippen LogP contribution in [0.4, 0.5) is 0 Å². The number of nitrogens with two attached hydrogens (primary N) is 1. The fourth-order valence-electron chi connectivity index (χ4n) is 1.32. The molecule has 2 N–H and O–H groups in total. The van der Waals surface area contributed by atoms with E-state index in [0.717, 1.165) is 26.4 Å². The van der Waals surface area contributed by atoms with Crippen molar-refractivity contribution in [2.24, 2.45) is 5.73 Å². The zero-order valence-corrected chi connectivity index (χ0v) is 10.7. The van der Waals surface area contributed by atoms with Gasteiger partial charge >= 0.3 is 0 Å². The first-order chi connectivity index (χ1) is 5.63. The van der Waals surface area contributed by atoms with E-state index in [1.165, 1.54) is 12.8 Å². The average Bonchev–Trinajstić information content (AvgIpc) is 2.05. The first-order valence-electron chi connectivity index (χ1n) is 4.67. The number of hydrogen-bond donors (Lipinski definition) is 1. The van der Waals surface area contributed by atoms with Crippen LogP contribution in [0.25, 0.3) is 0 Å². The largest absolute Gasteiger partial charge is 0.330 e. The van der Waals surface area contributed by atoms with Crippen LogP contribution in [0.1, 0.15) is 19.8 Å². The molecule has 0 aliphatic rings. The van der Waals surface area contributed by atoms with Crippen molar-refractivity contribution in [2.75, 3.05) is 26.5 Å². The van der Waals surface area contributed by atoms with E-state index in [4.69, 9.17) is 5.73 Å². The monoisotopic (exact) mass is 207 g/mol. The molecule has 0 rings (SSSR count). The predicted octanol–water partition coefficient (Wildman–Crippen LogP) is 2.53. The van der Waals surface area contributed by atoms with Crippen LogP contribution in [0.3, 0.4) is 0 Å². The standard InChI is InChI=1S/C9H23NP2/c1-8(12(3)4)9(11-2)6-5-7-10/h8-9,11H,5-7,10H2,1-4H3. The number of hydrogen-bond acceptors (Lipinski definition) is 1. The summed E-state index contributed by atoms with van der Waals surface area (Å²) < 4.78 is 0. The highest BCUT2D eigenvalue weighted by Gasteiger charge is 2.17. The minimum atomic E-state index is 0.243. The zero-order valence-electron chi connectivity index (χ0n) is 8.80. The molecular weight excluding hydrogens is 184 g/mol. The van der Waals surface area contributed by atoms with Crippen LogP contribution in [0.5, 0.6) is 0 Å². The molecule has 12 heavy (non-hydrogen) atoms. The van der Waals surface area contributed by atoms with E-state index in [2.05, 4.69) is 26.9 Å². The van der Waals surface area contributed by atoms with Crippen LogP contribution in [-0.2, 0) is 0 Å². The Balaban J connectivity index is 3.79. The van der Waals surface area contributed by atoms with Gasteiger partial charge in [-0.3, -0.25) is 0 Å². The van der Waals surface area contributed by atoms with Gasteiger partial charge in [-0.15, -0.1) is 16.5 Å². The van der Waals surface area contributed by atoms with Gasteiger partial charge in [0.25, 0.3) is 0 Å². The van der Waals surface area contributed by atoms with Gasteiger partial charge in [-0.25, -0.2) is 0 Å². The molecule has 0 spiro atoms. The lowest BCUT2D eigenvalue weighted by Gasteiger charge is -2.26. The van der Waals surface area contributed by atoms with Crippen molar-refractivity contribution < 1.29 is 0 Å². The zero-order chi connectivity index (χ0) is 9.56. The van der Waals surface area contributed by atoms with Gasteiger partial charge in [0.15, 0.2) is 0 Å². The quantitative estimate of drug-likeness (QED) is 0.665. The number of rotatable bonds is 6. The van der Waals surface area contributed by atoms with Crippen molar-refractivity contribution in [3.8, 4) is 0 Å². The molecule has 0 saturated carbocycles. The lowest BCUT2D eigenvalue weighted by atomic mass is 10.2. The molecular formula is C9H23NP2. The normalized spacial score (nSPS) is 17.5. The van der Waals surface area contributed by atoms with E-state index in [1.54, 1.807) is 0 Å². The summed E-state index contributed by atoms with van der Waals surface area (Å²) in [5.74, 6) is 0. The van der Waals surface area contributed by atoms with Gasteiger partial charge in [-0.2, -0.15) is 0 Å². The van der Waals surface area contributed by atoms with Crippen molar-refractivity contribution in [3.05, 3.63) is 0 Å². The van der Waals surface area contributed by atoms with E-state index in [1.807, 2.05) is 0 Å². The van der Waals surface area contributed by atoms with Crippen LogP contribution in [0.2, 0.25) is 0 Å². The molecule has 3 atom stereocenters. The van der Waals surface area contributed by atoms with Gasteiger partial charge in [0.2, 0.25) is 0 Å². The van der Waals surface area contributed by atoms with Crippen molar-refractivity contribution in [2.45, 2.75) is 31.1 Å². The second-order valence-corrected chi connectivity index (χ2v) is 7.59. The average molecular weight is 207 g/mol. The predicted molar refractivity (Wildman–Crippen MR) is 64.5 cm³/mol. The maximum atomic E-state index is 5.52. The van der Waals surface area contributed by atoms with Crippen molar-refractivity contribution in [1.29, 1.82) is 0 Å². The lowest BCUT2D eigenvalue weighted by Crippen LogP contribution is -2.17. The molecule has 0 amide bonds. The van der Waals surface area contributed by atoms with Crippen LogP contribution < -0.4 is 5.73 Å². The van der Waals surface area contributed by atoms with Crippen molar-refractivity contribution in [3.63, 3.8) is 0 Å². The summed E-state index contributed by atoms with van der Waals surface area (Å²) in [4.78, 5) is 0. The molecule has 0 aromatic heterocycles. The van der Waals surface area contributed by atoms with Gasteiger partial charge in [0, 0.05) is 0 Å². The van der Waals surface area contributed by atoms with E-state index in [-0.39, 0.29) is 7.92 Å². The minimum Gasteiger partial charge on any atom is -0.330 e. The Hall–Kier alpha value is 0.820. The molecule has 0 radical (unpaired) electrons. The first-order valence-corrected chi connectivity index (χ1v) is 8.55. The molecule has 0 aromatic rings. The molecule has 0 aliphatic carbocycles. The second kappa shape index (κ2) is 7.25. The Morgan fingerprint density at radius 3 is 2.33 bits per heavy atom. The third kappa shape index (κ3) is 4.75. The van der Waals surface area contributed by atoms with E-state index >= 15 is 0 Å². The summed E-state index contributed by atoms with van der Waals surface area (Å²) in [5, 5.41) is 0. The Kier molecular flexibility index (Phi) is 7.74. The highest BCUT2D eigenvalue weighted by molar-refractivity contribution is 7.57. The van der Waals surface area contributed by atoms with E-state index in [9.17, 15) is 0 Å². The fourth-order valence-corrected chi connectivity index (χ4v) is 4.51. The molecule has 3 heteroatoms. The van der Waals surface area contributed by atoms with Crippen molar-refractivity contribution >= 4 is 16.5 Å². The van der Waals surface area contributed by atoms with Gasteiger partial charge in [-0.05, 0) is 50.7 Å². The van der Waals surface area contributed by atoms with Crippen LogP contribution >= 0.6 is 16.5 Å². The van der Waals surface area contributed by atoms with Gasteiger partial charge in [-0.1, -0.05) is 6.92 Å². The van der Waals surface area contributed by atoms with E-state index < -0.39 is 0 Å². The third-order valence-corrected chi connectivity index (χ3v) is 6.29. The van der Waals surface area contributed by atoms with E-state index in [0.29, 0.717) is 0 Å². The molecule has 0 bridgehead atoms. The Bertz CT molecular complexity index is 107. The minimum absolute atomic E-state index is 0.243. The van der Waals surface area contributed by atoms with Crippen LogP contribution in [0.15, 0.2) is 0 Å². The summed E-state index contributed by atoms with van der Waals surface area (Å²) in [6.07, 6.45) is 2.55. The lowest BCUT2D eigenvalue weighted by molar-refractivity contribution is 0.692. The second-order valence-electron chi connectivity index (χ2n) is 3.53. The summed E-state index contributed by atoms with van der Waals surface area (Å²) in [6.45, 7) is 10.4. The summed E-state index contributed by atoms with van der Waals surface area (Å²) in [7, 11) is 1.34. The third-order valence-electron chi connectivity index (χ3n) is 2.49. The van der Waals surface area contributed by atoms with Gasteiger partial charge in [0.05, 0.1) is 0 Å². The summed E-state index contributed by atoms with van der Waals surface area (Å²) in [5.41, 5.74) is 7.38. The molecule has 0 aliphatic heterocycles. The molecule has 1 nitrogen and oxygen atoms in total. The molecule has 0 heterocycles. The van der Waals surface area contributed by atoms with Crippen molar-refractivity contribution in [1.82, 2.24) is 0 Å². The highest BCUT2D eigenvalue weighted by atomic mass is 31.1. The fraction of sp³-hybridized carbons (Fsp3) is 1.00. The SMILES string of the molecule is CPC(CCCN)C(C)P(C)C. The van der Waals surface area contributed by atoms with Gasteiger partial charge in [0.1, 0.15) is 0 Å². The summed E-state index contributed by atoms with van der Waals surface area (Å²) in [6, 6.07) is 0. The highest BCUT2D eigenvalue weighted by Crippen LogP contribution is 2.41. The Morgan fingerprint density at radius 1 is 1.42 bits per heavy atom. The Labute approximate surface area is 80.4 Å². The maximum absolute atomic E-state index is 5.52. The van der Waals surface area contributed by atoms with Gasteiger partial charge < -0.3 is 5.73 Å². The first kappa shape index (κ1) is 12.8. The molecule has 74 valence electrons. The van der Waals surface area contributed by atoms with Crippen LogP contribution in [0, 0.1) is 0 Å².